The molecule has 0 unspecified atom stereocenters. The van der Waals surface area contributed by atoms with Crippen molar-refractivity contribution < 1.29 is 13.2 Å². The van der Waals surface area contributed by atoms with Gasteiger partial charge >= 0.3 is 0 Å². The Balaban J connectivity index is 1.84. The van der Waals surface area contributed by atoms with Gasteiger partial charge in [0, 0.05) is 35.8 Å². The second-order valence-electron chi connectivity index (χ2n) is 6.52. The van der Waals surface area contributed by atoms with Gasteiger partial charge in [0.05, 0.1) is 6.26 Å². The van der Waals surface area contributed by atoms with Crippen molar-refractivity contribution >= 4 is 27.3 Å². The fourth-order valence-corrected chi connectivity index (χ4v) is 4.38. The first-order valence-electron chi connectivity index (χ1n) is 7.47. The molecule has 0 radical (unpaired) electrons. The zero-order valence-corrected chi connectivity index (χ0v) is 15.0. The summed E-state index contributed by atoms with van der Waals surface area (Å²) in [7, 11) is -3.14. The molecule has 1 amide bonds. The van der Waals surface area contributed by atoms with Crippen LogP contribution < -0.4 is 5.32 Å². The number of thiophene rings is 1. The molecule has 0 bridgehead atoms. The molecular weight excluding hydrogens is 320 g/mol. The van der Waals surface area contributed by atoms with E-state index >= 15 is 0 Å². The monoisotopic (exact) mass is 344 g/mol. The molecule has 1 saturated heterocycles. The zero-order chi connectivity index (χ0) is 16.4. The molecule has 1 aromatic heterocycles. The highest BCUT2D eigenvalue weighted by Crippen LogP contribution is 2.27. The Kier molecular flexibility index (Phi) is 5.29. The maximum absolute atomic E-state index is 12.3. The number of hydrogen-bond donors (Lipinski definition) is 1. The lowest BCUT2D eigenvalue weighted by Gasteiger charge is -2.30. The van der Waals surface area contributed by atoms with E-state index < -0.39 is 10.0 Å². The van der Waals surface area contributed by atoms with E-state index in [9.17, 15) is 13.2 Å². The SMILES string of the molecule is CC(C)(CNC(=O)C1CCN(S(C)(=O)=O)CC1)c1cccs1. The molecule has 124 valence electrons. The Morgan fingerprint density at radius 1 is 1.41 bits per heavy atom. The highest BCUT2D eigenvalue weighted by Gasteiger charge is 2.30. The van der Waals surface area contributed by atoms with Gasteiger partial charge in [0.2, 0.25) is 15.9 Å². The molecule has 1 fully saturated rings. The Morgan fingerprint density at radius 3 is 2.55 bits per heavy atom. The number of nitrogens with one attached hydrogen (secondary N) is 1. The van der Waals surface area contributed by atoms with Crippen LogP contribution in [0.3, 0.4) is 0 Å². The number of hydrogen-bond acceptors (Lipinski definition) is 4. The number of amides is 1. The fourth-order valence-electron chi connectivity index (χ4n) is 2.65. The molecule has 2 rings (SSSR count). The maximum atomic E-state index is 12.3. The zero-order valence-electron chi connectivity index (χ0n) is 13.3. The normalized spacial score (nSPS) is 18.3. The minimum absolute atomic E-state index is 0.0396. The summed E-state index contributed by atoms with van der Waals surface area (Å²) in [6, 6.07) is 4.10. The van der Waals surface area contributed by atoms with Crippen molar-refractivity contribution in [3.8, 4) is 0 Å². The third-order valence-electron chi connectivity index (χ3n) is 4.19. The first kappa shape index (κ1) is 17.4. The lowest BCUT2D eigenvalue weighted by Crippen LogP contribution is -2.44. The smallest absolute Gasteiger partial charge is 0.223 e. The van der Waals surface area contributed by atoms with Crippen LogP contribution in [0.1, 0.15) is 31.6 Å². The number of carbonyl (C=O) groups excluding carboxylic acids is 1. The van der Waals surface area contributed by atoms with Crippen molar-refractivity contribution in [3.63, 3.8) is 0 Å². The molecule has 0 aromatic carbocycles. The standard InChI is InChI=1S/C15H24N2O3S2/c1-15(2,13-5-4-10-21-13)11-16-14(18)12-6-8-17(9-7-12)22(3,19)20/h4-5,10,12H,6-9,11H2,1-3H3,(H,16,18). The molecular formula is C15H24N2O3S2. The van der Waals surface area contributed by atoms with E-state index in [0.717, 1.165) is 0 Å². The molecule has 1 aromatic rings. The van der Waals surface area contributed by atoms with Crippen molar-refractivity contribution in [2.45, 2.75) is 32.1 Å². The van der Waals surface area contributed by atoms with Gasteiger partial charge in [0.1, 0.15) is 0 Å². The third kappa shape index (κ3) is 4.30. The molecule has 0 atom stereocenters. The largest absolute Gasteiger partial charge is 0.355 e. The maximum Gasteiger partial charge on any atom is 0.223 e. The van der Waals surface area contributed by atoms with Crippen LogP contribution in [-0.2, 0) is 20.2 Å². The van der Waals surface area contributed by atoms with Crippen LogP contribution in [0.5, 0.6) is 0 Å². The van der Waals surface area contributed by atoms with Gasteiger partial charge < -0.3 is 5.32 Å². The van der Waals surface area contributed by atoms with Gasteiger partial charge in [0.25, 0.3) is 0 Å². The number of nitrogens with zero attached hydrogens (tertiary/aromatic N) is 1. The molecule has 2 heterocycles. The van der Waals surface area contributed by atoms with Crippen molar-refractivity contribution in [1.29, 1.82) is 0 Å². The number of rotatable bonds is 5. The highest BCUT2D eigenvalue weighted by molar-refractivity contribution is 7.88. The molecule has 0 aliphatic carbocycles. The van der Waals surface area contributed by atoms with E-state index in [4.69, 9.17) is 0 Å². The predicted molar refractivity (Wildman–Crippen MR) is 89.5 cm³/mol. The number of carbonyl (C=O) groups is 1. The van der Waals surface area contributed by atoms with Crippen LogP contribution in [0.4, 0.5) is 0 Å². The number of piperidine rings is 1. The van der Waals surface area contributed by atoms with Crippen LogP contribution in [0.2, 0.25) is 0 Å². The summed E-state index contributed by atoms with van der Waals surface area (Å²) in [5.74, 6) is -0.0464. The predicted octanol–water partition coefficient (Wildman–Crippen LogP) is 1.81. The van der Waals surface area contributed by atoms with Crippen LogP contribution in [0.25, 0.3) is 0 Å². The lowest BCUT2D eigenvalue weighted by atomic mass is 9.90. The highest BCUT2D eigenvalue weighted by atomic mass is 32.2. The van der Waals surface area contributed by atoms with Gasteiger partial charge in [-0.15, -0.1) is 11.3 Å². The van der Waals surface area contributed by atoms with Gasteiger partial charge in [0.15, 0.2) is 0 Å². The second-order valence-corrected chi connectivity index (χ2v) is 9.45. The molecule has 0 saturated carbocycles. The topological polar surface area (TPSA) is 66.5 Å². The molecule has 22 heavy (non-hydrogen) atoms. The lowest BCUT2D eigenvalue weighted by molar-refractivity contribution is -0.126. The quantitative estimate of drug-likeness (QED) is 0.886. The van der Waals surface area contributed by atoms with Crippen LogP contribution in [0, 0.1) is 5.92 Å². The Morgan fingerprint density at radius 2 is 2.05 bits per heavy atom. The van der Waals surface area contributed by atoms with E-state index in [2.05, 4.69) is 25.2 Å². The van der Waals surface area contributed by atoms with Crippen LogP contribution in [-0.4, -0.2) is 44.5 Å². The minimum Gasteiger partial charge on any atom is -0.355 e. The van der Waals surface area contributed by atoms with Gasteiger partial charge in [-0.25, -0.2) is 12.7 Å². The Bertz CT molecular complexity index is 601. The third-order valence-corrected chi connectivity index (χ3v) is 6.73. The van der Waals surface area contributed by atoms with Crippen LogP contribution >= 0.6 is 11.3 Å². The Labute approximate surface area is 136 Å². The fraction of sp³-hybridized carbons (Fsp3) is 0.667. The molecule has 1 aliphatic rings. The summed E-state index contributed by atoms with van der Waals surface area (Å²) in [5.41, 5.74) is -0.0860. The first-order chi connectivity index (χ1) is 10.2. The van der Waals surface area contributed by atoms with E-state index in [1.807, 2.05) is 11.4 Å². The molecule has 1 aliphatic heterocycles. The van der Waals surface area contributed by atoms with E-state index in [0.29, 0.717) is 32.5 Å². The second kappa shape index (κ2) is 6.68. The van der Waals surface area contributed by atoms with Crippen LogP contribution in [0.15, 0.2) is 17.5 Å². The van der Waals surface area contributed by atoms with Crippen molar-refractivity contribution in [2.24, 2.45) is 5.92 Å². The van der Waals surface area contributed by atoms with Crippen molar-refractivity contribution in [2.75, 3.05) is 25.9 Å². The van der Waals surface area contributed by atoms with E-state index in [-0.39, 0.29) is 17.2 Å². The van der Waals surface area contributed by atoms with E-state index in [1.54, 1.807) is 11.3 Å². The van der Waals surface area contributed by atoms with Gasteiger partial charge in [-0.05, 0) is 24.3 Å². The van der Waals surface area contributed by atoms with Crippen molar-refractivity contribution in [1.82, 2.24) is 9.62 Å². The summed E-state index contributed by atoms with van der Waals surface area (Å²) < 4.78 is 24.4. The summed E-state index contributed by atoms with van der Waals surface area (Å²) in [5, 5.41) is 5.08. The molecule has 5 nitrogen and oxygen atoms in total. The molecule has 7 heteroatoms. The summed E-state index contributed by atoms with van der Waals surface area (Å²) in [6.07, 6.45) is 2.41. The first-order valence-corrected chi connectivity index (χ1v) is 10.2. The van der Waals surface area contributed by atoms with Gasteiger partial charge in [-0.1, -0.05) is 19.9 Å². The van der Waals surface area contributed by atoms with E-state index in [1.165, 1.54) is 15.4 Å². The average molecular weight is 345 g/mol. The average Bonchev–Trinajstić information content (AvgIpc) is 2.99. The number of sulfonamides is 1. The molecule has 1 N–H and O–H groups in total. The summed E-state index contributed by atoms with van der Waals surface area (Å²) in [6.45, 7) is 5.70. The summed E-state index contributed by atoms with van der Waals surface area (Å²) >= 11 is 1.70. The Hall–Kier alpha value is -0.920. The van der Waals surface area contributed by atoms with Crippen molar-refractivity contribution in [3.05, 3.63) is 22.4 Å². The van der Waals surface area contributed by atoms with Gasteiger partial charge in [-0.3, -0.25) is 4.79 Å². The van der Waals surface area contributed by atoms with Gasteiger partial charge in [-0.2, -0.15) is 0 Å². The minimum atomic E-state index is -3.14. The molecule has 0 spiro atoms. The summed E-state index contributed by atoms with van der Waals surface area (Å²) in [4.78, 5) is 13.5.